The highest BCUT2D eigenvalue weighted by molar-refractivity contribution is 5.95. The van der Waals surface area contributed by atoms with Crippen LogP contribution < -0.4 is 15.5 Å². The van der Waals surface area contributed by atoms with Crippen molar-refractivity contribution in [2.75, 3.05) is 41.7 Å². The second-order valence-electron chi connectivity index (χ2n) is 7.55. The molecule has 6 nitrogen and oxygen atoms in total. The summed E-state index contributed by atoms with van der Waals surface area (Å²) in [4.78, 5) is 28.5. The van der Waals surface area contributed by atoms with E-state index in [9.17, 15) is 14.0 Å². The molecule has 29 heavy (non-hydrogen) atoms. The van der Waals surface area contributed by atoms with Crippen molar-refractivity contribution in [3.8, 4) is 0 Å². The van der Waals surface area contributed by atoms with Gasteiger partial charge in [-0.1, -0.05) is 19.9 Å². The lowest BCUT2D eigenvalue weighted by atomic mass is 10.1. The van der Waals surface area contributed by atoms with Crippen molar-refractivity contribution >= 4 is 29.0 Å². The minimum absolute atomic E-state index is 0.0666. The lowest BCUT2D eigenvalue weighted by molar-refractivity contribution is -0.118. The van der Waals surface area contributed by atoms with Gasteiger partial charge in [-0.2, -0.15) is 0 Å². The summed E-state index contributed by atoms with van der Waals surface area (Å²) in [6, 6.07) is 11.7. The Morgan fingerprint density at radius 1 is 0.966 bits per heavy atom. The molecule has 3 amide bonds. The van der Waals surface area contributed by atoms with Crippen molar-refractivity contribution in [1.29, 1.82) is 0 Å². The minimum atomic E-state index is -0.256. The highest BCUT2D eigenvalue weighted by atomic mass is 19.1. The third-order valence-electron chi connectivity index (χ3n) is 5.03. The largest absolute Gasteiger partial charge is 0.368 e. The van der Waals surface area contributed by atoms with E-state index in [0.29, 0.717) is 37.6 Å². The first kappa shape index (κ1) is 20.6. The molecule has 3 rings (SSSR count). The molecule has 1 aliphatic rings. The summed E-state index contributed by atoms with van der Waals surface area (Å²) in [5.41, 5.74) is 3.21. The normalized spacial score (nSPS) is 14.1. The van der Waals surface area contributed by atoms with Gasteiger partial charge in [0.05, 0.1) is 0 Å². The Hall–Kier alpha value is -3.09. The Balaban J connectivity index is 1.59. The molecular weight excluding hydrogens is 371 g/mol. The first-order valence-electron chi connectivity index (χ1n) is 9.81. The molecule has 2 N–H and O–H groups in total. The number of nitrogens with zero attached hydrogens (tertiary/aromatic N) is 2. The molecule has 154 valence electrons. The van der Waals surface area contributed by atoms with E-state index < -0.39 is 0 Å². The number of rotatable bonds is 4. The molecule has 0 aromatic heterocycles. The van der Waals surface area contributed by atoms with Gasteiger partial charge in [0.15, 0.2) is 0 Å². The molecule has 0 saturated carbocycles. The molecule has 1 aliphatic heterocycles. The van der Waals surface area contributed by atoms with Crippen LogP contribution in [0.4, 0.5) is 26.2 Å². The fraction of sp³-hybridized carbons (Fsp3) is 0.364. The summed E-state index contributed by atoms with van der Waals surface area (Å²) in [6.07, 6.45) is 0. The number of carbonyl (C=O) groups is 2. The summed E-state index contributed by atoms with van der Waals surface area (Å²) in [5, 5.41) is 5.80. The summed E-state index contributed by atoms with van der Waals surface area (Å²) < 4.78 is 13.1. The van der Waals surface area contributed by atoms with Gasteiger partial charge in [0.25, 0.3) is 0 Å². The summed E-state index contributed by atoms with van der Waals surface area (Å²) in [5.74, 6) is -0.441. The maximum Gasteiger partial charge on any atom is 0.321 e. The van der Waals surface area contributed by atoms with Crippen LogP contribution in [0.2, 0.25) is 0 Å². The van der Waals surface area contributed by atoms with E-state index in [1.165, 1.54) is 12.1 Å². The van der Waals surface area contributed by atoms with Gasteiger partial charge in [0.2, 0.25) is 5.91 Å². The summed E-state index contributed by atoms with van der Waals surface area (Å²) in [7, 11) is 0. The Kier molecular flexibility index (Phi) is 6.36. The van der Waals surface area contributed by atoms with Crippen molar-refractivity contribution in [2.24, 2.45) is 5.92 Å². The lowest BCUT2D eigenvalue weighted by Gasteiger charge is -2.36. The Morgan fingerprint density at radius 3 is 2.24 bits per heavy atom. The molecule has 1 heterocycles. The van der Waals surface area contributed by atoms with Crippen molar-refractivity contribution in [3.63, 3.8) is 0 Å². The highest BCUT2D eigenvalue weighted by Gasteiger charge is 2.22. The molecule has 0 unspecified atom stereocenters. The third-order valence-corrected chi connectivity index (χ3v) is 5.03. The number of piperazine rings is 1. The van der Waals surface area contributed by atoms with Crippen LogP contribution in [0.3, 0.4) is 0 Å². The Bertz CT molecular complexity index is 875. The standard InChI is InChI=1S/C22H27FN4O2/c1-15(2)21(28)24-18-7-4-16(3)20(14-18)25-22(29)27-12-10-26(11-13-27)19-8-5-17(23)6-9-19/h4-9,14-15H,10-13H2,1-3H3,(H,24,28)(H,25,29). The van der Waals surface area contributed by atoms with E-state index in [1.54, 1.807) is 23.1 Å². The molecule has 0 spiro atoms. The van der Waals surface area contributed by atoms with Gasteiger partial charge in [0.1, 0.15) is 5.82 Å². The van der Waals surface area contributed by atoms with Gasteiger partial charge in [-0.15, -0.1) is 0 Å². The van der Waals surface area contributed by atoms with E-state index in [0.717, 1.165) is 11.3 Å². The van der Waals surface area contributed by atoms with E-state index in [-0.39, 0.29) is 23.7 Å². The molecular formula is C22H27FN4O2. The number of anilines is 3. The Labute approximate surface area is 170 Å². The van der Waals surface area contributed by atoms with Crippen LogP contribution in [-0.2, 0) is 4.79 Å². The molecule has 0 atom stereocenters. The average molecular weight is 398 g/mol. The summed E-state index contributed by atoms with van der Waals surface area (Å²) >= 11 is 0. The molecule has 0 bridgehead atoms. The molecule has 0 aliphatic carbocycles. The topological polar surface area (TPSA) is 64.7 Å². The number of urea groups is 1. The zero-order chi connectivity index (χ0) is 21.0. The number of hydrogen-bond acceptors (Lipinski definition) is 3. The number of aryl methyl sites for hydroxylation is 1. The number of hydrogen-bond donors (Lipinski definition) is 2. The SMILES string of the molecule is Cc1ccc(NC(=O)C(C)C)cc1NC(=O)N1CCN(c2ccc(F)cc2)CC1. The van der Waals surface area contributed by atoms with Gasteiger partial charge in [-0.05, 0) is 48.9 Å². The predicted octanol–water partition coefficient (Wildman–Crippen LogP) is 4.08. The lowest BCUT2D eigenvalue weighted by Crippen LogP contribution is -2.50. The van der Waals surface area contributed by atoms with Gasteiger partial charge in [-0.25, -0.2) is 9.18 Å². The number of nitrogens with one attached hydrogen (secondary N) is 2. The highest BCUT2D eigenvalue weighted by Crippen LogP contribution is 2.22. The monoisotopic (exact) mass is 398 g/mol. The van der Waals surface area contributed by atoms with Crippen LogP contribution >= 0.6 is 0 Å². The van der Waals surface area contributed by atoms with E-state index >= 15 is 0 Å². The quantitative estimate of drug-likeness (QED) is 0.816. The summed E-state index contributed by atoms with van der Waals surface area (Å²) in [6.45, 7) is 8.09. The molecule has 0 radical (unpaired) electrons. The number of halogens is 1. The van der Waals surface area contributed by atoms with Gasteiger partial charge >= 0.3 is 6.03 Å². The zero-order valence-electron chi connectivity index (χ0n) is 17.0. The van der Waals surface area contributed by atoms with Gasteiger partial charge < -0.3 is 20.4 Å². The first-order valence-corrected chi connectivity index (χ1v) is 9.81. The molecule has 1 fully saturated rings. The van der Waals surface area contributed by atoms with Crippen molar-refractivity contribution in [1.82, 2.24) is 4.90 Å². The fourth-order valence-electron chi connectivity index (χ4n) is 3.13. The number of benzene rings is 2. The van der Waals surface area contributed by atoms with Crippen LogP contribution in [0.15, 0.2) is 42.5 Å². The molecule has 1 saturated heterocycles. The van der Waals surface area contributed by atoms with Gasteiger partial charge in [-0.3, -0.25) is 4.79 Å². The second-order valence-corrected chi connectivity index (χ2v) is 7.55. The van der Waals surface area contributed by atoms with Crippen molar-refractivity contribution in [3.05, 3.63) is 53.8 Å². The molecule has 2 aromatic carbocycles. The predicted molar refractivity (Wildman–Crippen MR) is 114 cm³/mol. The molecule has 2 aromatic rings. The van der Waals surface area contributed by atoms with Crippen LogP contribution in [0, 0.1) is 18.7 Å². The average Bonchev–Trinajstić information content (AvgIpc) is 2.71. The van der Waals surface area contributed by atoms with Crippen LogP contribution in [0.25, 0.3) is 0 Å². The van der Waals surface area contributed by atoms with Crippen LogP contribution in [0.5, 0.6) is 0 Å². The maximum absolute atomic E-state index is 13.1. The zero-order valence-corrected chi connectivity index (χ0v) is 17.0. The molecule has 7 heteroatoms. The maximum atomic E-state index is 13.1. The second kappa shape index (κ2) is 8.94. The van der Waals surface area contributed by atoms with Crippen LogP contribution in [0.1, 0.15) is 19.4 Å². The van der Waals surface area contributed by atoms with E-state index in [2.05, 4.69) is 15.5 Å². The first-order chi connectivity index (χ1) is 13.8. The van der Waals surface area contributed by atoms with Crippen LogP contribution in [-0.4, -0.2) is 43.0 Å². The number of carbonyl (C=O) groups excluding carboxylic acids is 2. The Morgan fingerprint density at radius 2 is 1.62 bits per heavy atom. The smallest absolute Gasteiger partial charge is 0.321 e. The van der Waals surface area contributed by atoms with E-state index in [1.807, 2.05) is 32.9 Å². The van der Waals surface area contributed by atoms with E-state index in [4.69, 9.17) is 0 Å². The van der Waals surface area contributed by atoms with Crippen molar-refractivity contribution in [2.45, 2.75) is 20.8 Å². The minimum Gasteiger partial charge on any atom is -0.368 e. The third kappa shape index (κ3) is 5.25. The van der Waals surface area contributed by atoms with Crippen molar-refractivity contribution < 1.29 is 14.0 Å². The number of amides is 3. The van der Waals surface area contributed by atoms with Gasteiger partial charge in [0, 0.05) is 49.2 Å². The fourth-order valence-corrected chi connectivity index (χ4v) is 3.13.